The number of hydrogen-bond acceptors (Lipinski definition) is 2. The van der Waals surface area contributed by atoms with Gasteiger partial charge in [-0.25, -0.2) is 8.42 Å². The molecule has 0 radical (unpaired) electrons. The molecule has 0 aromatic carbocycles. The van der Waals surface area contributed by atoms with Gasteiger partial charge >= 0.3 is 0 Å². The maximum absolute atomic E-state index is 11.3. The van der Waals surface area contributed by atoms with Crippen LogP contribution in [-0.2, 0) is 9.84 Å². The topological polar surface area (TPSA) is 34.1 Å². The van der Waals surface area contributed by atoms with Crippen molar-refractivity contribution in [3.8, 4) is 12.3 Å². The van der Waals surface area contributed by atoms with Gasteiger partial charge in [-0.1, -0.05) is 5.92 Å². The lowest BCUT2D eigenvalue weighted by molar-refractivity contribution is 0.605. The van der Waals surface area contributed by atoms with Crippen LogP contribution in [0.1, 0.15) is 19.8 Å². The minimum atomic E-state index is -2.94. The molecule has 0 atom stereocenters. The predicted molar refractivity (Wildman–Crippen MR) is 53.7 cm³/mol. The molecule has 0 saturated carbocycles. The number of sulfone groups is 1. The maximum Gasteiger partial charge on any atom is 0.174 e. The van der Waals surface area contributed by atoms with Gasteiger partial charge in [0.15, 0.2) is 9.84 Å². The van der Waals surface area contributed by atoms with E-state index in [-0.39, 0.29) is 5.75 Å². The first-order chi connectivity index (χ1) is 6.06. The van der Waals surface area contributed by atoms with Crippen LogP contribution in [0.4, 0.5) is 0 Å². The molecule has 70 valence electrons. The van der Waals surface area contributed by atoms with Gasteiger partial charge in [-0.3, -0.25) is 0 Å². The number of hydrogen-bond donors (Lipinski definition) is 0. The smallest absolute Gasteiger partial charge is 0.174 e. The van der Waals surface area contributed by atoms with E-state index in [1.807, 2.05) is 0 Å². The lowest BCUT2D eigenvalue weighted by Crippen LogP contribution is -1.97. The zero-order chi connectivity index (χ0) is 9.90. The Kier molecular flexibility index (Phi) is 2.94. The first-order valence-corrected chi connectivity index (χ1v) is 5.78. The molecule has 0 spiro atoms. The Morgan fingerprint density at radius 2 is 2.31 bits per heavy atom. The Morgan fingerprint density at radius 1 is 1.62 bits per heavy atom. The highest BCUT2D eigenvalue weighted by atomic mass is 32.2. The molecule has 1 fully saturated rings. The molecular weight excluding hydrogens is 184 g/mol. The summed E-state index contributed by atoms with van der Waals surface area (Å²) in [5.41, 5.74) is 0.745. The van der Waals surface area contributed by atoms with Crippen molar-refractivity contribution in [2.45, 2.75) is 19.8 Å². The lowest BCUT2D eigenvalue weighted by atomic mass is 10.2. The second-order valence-corrected chi connectivity index (χ2v) is 5.21. The van der Waals surface area contributed by atoms with Crippen LogP contribution in [0.15, 0.2) is 22.6 Å². The molecular formula is C10H12O2S. The van der Waals surface area contributed by atoms with E-state index in [2.05, 4.69) is 5.92 Å². The Labute approximate surface area is 79.3 Å². The Hall–Kier alpha value is -1.01. The molecule has 0 amide bonds. The molecule has 13 heavy (non-hydrogen) atoms. The van der Waals surface area contributed by atoms with Crippen LogP contribution in [0.3, 0.4) is 0 Å². The fourth-order valence-corrected chi connectivity index (χ4v) is 2.69. The molecule has 2 nitrogen and oxygen atoms in total. The van der Waals surface area contributed by atoms with Gasteiger partial charge in [0, 0.05) is 4.91 Å². The summed E-state index contributed by atoms with van der Waals surface area (Å²) in [5.74, 6) is 2.72. The van der Waals surface area contributed by atoms with Gasteiger partial charge < -0.3 is 0 Å². The van der Waals surface area contributed by atoms with Crippen LogP contribution in [-0.4, -0.2) is 14.2 Å². The summed E-state index contributed by atoms with van der Waals surface area (Å²) in [6, 6.07) is 0. The maximum atomic E-state index is 11.3. The highest BCUT2D eigenvalue weighted by molar-refractivity contribution is 7.95. The quantitative estimate of drug-likeness (QED) is 0.598. The van der Waals surface area contributed by atoms with Gasteiger partial charge in [-0.05, 0) is 37.5 Å². The van der Waals surface area contributed by atoms with Crippen molar-refractivity contribution < 1.29 is 8.42 Å². The summed E-state index contributed by atoms with van der Waals surface area (Å²) in [6.07, 6.45) is 9.81. The second kappa shape index (κ2) is 3.80. The Morgan fingerprint density at radius 3 is 2.77 bits per heavy atom. The van der Waals surface area contributed by atoms with E-state index in [0.29, 0.717) is 11.3 Å². The summed E-state index contributed by atoms with van der Waals surface area (Å²) in [6.45, 7) is 1.78. The molecule has 0 aliphatic carbocycles. The summed E-state index contributed by atoms with van der Waals surface area (Å²) < 4.78 is 22.6. The third-order valence-electron chi connectivity index (χ3n) is 1.98. The average Bonchev–Trinajstić information content (AvgIpc) is 2.41. The third kappa shape index (κ3) is 2.46. The van der Waals surface area contributed by atoms with Crippen LogP contribution in [0, 0.1) is 12.3 Å². The zero-order valence-corrected chi connectivity index (χ0v) is 8.39. The van der Waals surface area contributed by atoms with Crippen molar-refractivity contribution in [3.63, 3.8) is 0 Å². The van der Waals surface area contributed by atoms with Crippen molar-refractivity contribution in [1.82, 2.24) is 0 Å². The van der Waals surface area contributed by atoms with Gasteiger partial charge in [0.25, 0.3) is 0 Å². The molecule has 1 rings (SSSR count). The SMILES string of the molecule is C#C/C(C)=C\C=C1/CCCS1(=O)=O. The van der Waals surface area contributed by atoms with E-state index in [4.69, 9.17) is 6.42 Å². The standard InChI is InChI=1S/C10H12O2S/c1-3-9(2)6-7-10-5-4-8-13(10,11)12/h1,6-7H,4-5,8H2,2H3/b9-6-,10-7+. The third-order valence-corrected chi connectivity index (χ3v) is 3.95. The normalized spacial score (nSPS) is 24.6. The zero-order valence-electron chi connectivity index (χ0n) is 7.58. The summed E-state index contributed by atoms with van der Waals surface area (Å²) in [4.78, 5) is 0.516. The fourth-order valence-electron chi connectivity index (χ4n) is 1.18. The highest BCUT2D eigenvalue weighted by Gasteiger charge is 2.23. The monoisotopic (exact) mass is 196 g/mol. The van der Waals surface area contributed by atoms with E-state index in [9.17, 15) is 8.42 Å². The van der Waals surface area contributed by atoms with Crippen molar-refractivity contribution in [2.24, 2.45) is 0 Å². The number of allylic oxidation sites excluding steroid dienone is 4. The highest BCUT2D eigenvalue weighted by Crippen LogP contribution is 2.23. The molecule has 0 N–H and O–H groups in total. The van der Waals surface area contributed by atoms with Gasteiger partial charge in [0.2, 0.25) is 0 Å². The first-order valence-electron chi connectivity index (χ1n) is 4.13. The summed E-state index contributed by atoms with van der Waals surface area (Å²) in [7, 11) is -2.94. The molecule has 1 aliphatic heterocycles. The molecule has 1 aliphatic rings. The van der Waals surface area contributed by atoms with Crippen molar-refractivity contribution in [1.29, 1.82) is 0 Å². The number of terminal acetylenes is 1. The van der Waals surface area contributed by atoms with Gasteiger partial charge in [-0.15, -0.1) is 6.42 Å². The molecule has 0 aromatic rings. The lowest BCUT2D eigenvalue weighted by Gasteiger charge is -1.93. The van der Waals surface area contributed by atoms with Gasteiger partial charge in [0.1, 0.15) is 0 Å². The van der Waals surface area contributed by atoms with Gasteiger partial charge in [0.05, 0.1) is 5.75 Å². The van der Waals surface area contributed by atoms with Crippen molar-refractivity contribution >= 4 is 9.84 Å². The van der Waals surface area contributed by atoms with Crippen LogP contribution in [0.5, 0.6) is 0 Å². The Balaban J connectivity index is 2.92. The molecule has 0 aromatic heterocycles. The largest absolute Gasteiger partial charge is 0.224 e. The predicted octanol–water partition coefficient (Wildman–Crippen LogP) is 1.66. The molecule has 0 unspecified atom stereocenters. The first kappa shape index (κ1) is 10.1. The second-order valence-electron chi connectivity index (χ2n) is 3.05. The fraction of sp³-hybridized carbons (Fsp3) is 0.400. The summed E-state index contributed by atoms with van der Waals surface area (Å²) in [5, 5.41) is 0. The minimum absolute atomic E-state index is 0.280. The number of rotatable bonds is 1. The van der Waals surface area contributed by atoms with Crippen LogP contribution >= 0.6 is 0 Å². The van der Waals surface area contributed by atoms with Crippen LogP contribution in [0.2, 0.25) is 0 Å². The molecule has 1 heterocycles. The van der Waals surface area contributed by atoms with E-state index in [1.54, 1.807) is 19.1 Å². The van der Waals surface area contributed by atoms with Crippen LogP contribution < -0.4 is 0 Å². The van der Waals surface area contributed by atoms with E-state index in [0.717, 1.165) is 12.0 Å². The van der Waals surface area contributed by atoms with Gasteiger partial charge in [-0.2, -0.15) is 0 Å². The molecule has 1 saturated heterocycles. The van der Waals surface area contributed by atoms with E-state index in [1.165, 1.54) is 0 Å². The van der Waals surface area contributed by atoms with Crippen LogP contribution in [0.25, 0.3) is 0 Å². The summed E-state index contributed by atoms with van der Waals surface area (Å²) >= 11 is 0. The van der Waals surface area contributed by atoms with Crippen molar-refractivity contribution in [3.05, 3.63) is 22.6 Å². The molecule has 3 heteroatoms. The van der Waals surface area contributed by atoms with Crippen molar-refractivity contribution in [2.75, 3.05) is 5.75 Å². The average molecular weight is 196 g/mol. The Bertz CT molecular complexity index is 391. The van der Waals surface area contributed by atoms with E-state index >= 15 is 0 Å². The molecule has 0 bridgehead atoms. The van der Waals surface area contributed by atoms with E-state index < -0.39 is 9.84 Å². The minimum Gasteiger partial charge on any atom is -0.224 e.